The van der Waals surface area contributed by atoms with Crippen molar-refractivity contribution in [3.8, 4) is 11.3 Å². The molecule has 0 atom stereocenters. The van der Waals surface area contributed by atoms with Crippen LogP contribution in [0, 0.1) is 0 Å². The molecule has 1 amide bonds. The second-order valence-corrected chi connectivity index (χ2v) is 5.73. The molecule has 0 unspecified atom stereocenters. The van der Waals surface area contributed by atoms with Crippen LogP contribution in [0.5, 0.6) is 0 Å². The Morgan fingerprint density at radius 3 is 2.62 bits per heavy atom. The largest absolute Gasteiger partial charge is 0.383 e. The van der Waals surface area contributed by atoms with Crippen molar-refractivity contribution < 1.29 is 9.53 Å². The summed E-state index contributed by atoms with van der Waals surface area (Å²) in [7, 11) is 1.63. The first-order valence-electron chi connectivity index (χ1n) is 8.20. The highest BCUT2D eigenvalue weighted by Gasteiger charge is 2.14. The van der Waals surface area contributed by atoms with E-state index in [1.165, 1.54) is 10.9 Å². The van der Waals surface area contributed by atoms with Crippen LogP contribution in [0.4, 0.5) is 0 Å². The Kier molecular flexibility index (Phi) is 5.29. The minimum atomic E-state index is 0.0522. The van der Waals surface area contributed by atoms with E-state index in [1.54, 1.807) is 7.11 Å². The van der Waals surface area contributed by atoms with Gasteiger partial charge in [-0.1, -0.05) is 48.5 Å². The normalized spacial score (nSPS) is 10.9. The van der Waals surface area contributed by atoms with Crippen molar-refractivity contribution in [1.82, 2.24) is 10.3 Å². The Bertz CT molecular complexity index is 809. The molecular formula is C20H22N2O2. The monoisotopic (exact) mass is 322 g/mol. The summed E-state index contributed by atoms with van der Waals surface area (Å²) in [6.45, 7) is 1.09. The van der Waals surface area contributed by atoms with Crippen molar-refractivity contribution in [3.63, 3.8) is 0 Å². The number of nitrogens with one attached hydrogen (secondary N) is 2. The van der Waals surface area contributed by atoms with Gasteiger partial charge in [0.2, 0.25) is 5.91 Å². The molecule has 0 aliphatic heterocycles. The number of aromatic amines is 1. The summed E-state index contributed by atoms with van der Waals surface area (Å²) in [4.78, 5) is 15.5. The average Bonchev–Trinajstić information content (AvgIpc) is 2.99. The van der Waals surface area contributed by atoms with E-state index in [0.29, 0.717) is 26.0 Å². The molecule has 0 aliphatic carbocycles. The lowest BCUT2D eigenvalue weighted by Crippen LogP contribution is -2.27. The summed E-state index contributed by atoms with van der Waals surface area (Å²) in [5.74, 6) is 0.0522. The molecule has 4 nitrogen and oxygen atoms in total. The van der Waals surface area contributed by atoms with Gasteiger partial charge in [0.15, 0.2) is 0 Å². The first-order chi connectivity index (χ1) is 11.8. The predicted octanol–water partition coefficient (Wildman–Crippen LogP) is 3.53. The van der Waals surface area contributed by atoms with Gasteiger partial charge in [0.05, 0.1) is 6.61 Å². The molecule has 0 fully saturated rings. The molecule has 0 saturated carbocycles. The number of para-hydroxylation sites is 1. The van der Waals surface area contributed by atoms with Gasteiger partial charge in [-0.15, -0.1) is 0 Å². The van der Waals surface area contributed by atoms with Crippen molar-refractivity contribution in [2.45, 2.75) is 12.8 Å². The topological polar surface area (TPSA) is 54.1 Å². The SMILES string of the molecule is COCCNC(=O)CCc1c(-c2ccccc2)[nH]c2ccccc12. The van der Waals surface area contributed by atoms with Crippen molar-refractivity contribution in [1.29, 1.82) is 0 Å². The molecule has 0 aliphatic rings. The van der Waals surface area contributed by atoms with E-state index in [0.717, 1.165) is 16.8 Å². The van der Waals surface area contributed by atoms with Crippen molar-refractivity contribution in [2.24, 2.45) is 0 Å². The number of rotatable bonds is 7. The van der Waals surface area contributed by atoms with Gasteiger partial charge in [-0.3, -0.25) is 4.79 Å². The fraction of sp³-hybridized carbons (Fsp3) is 0.250. The highest BCUT2D eigenvalue weighted by Crippen LogP contribution is 2.31. The molecule has 1 heterocycles. The van der Waals surface area contributed by atoms with Gasteiger partial charge >= 0.3 is 0 Å². The van der Waals surface area contributed by atoms with Crippen LogP contribution in [0.1, 0.15) is 12.0 Å². The van der Waals surface area contributed by atoms with Gasteiger partial charge < -0.3 is 15.0 Å². The summed E-state index contributed by atoms with van der Waals surface area (Å²) in [5.41, 5.74) is 4.54. The Hall–Kier alpha value is -2.59. The highest BCUT2D eigenvalue weighted by atomic mass is 16.5. The van der Waals surface area contributed by atoms with E-state index in [2.05, 4.69) is 34.6 Å². The molecule has 1 aromatic heterocycles. The van der Waals surface area contributed by atoms with E-state index < -0.39 is 0 Å². The maximum atomic E-state index is 12.0. The molecule has 124 valence electrons. The van der Waals surface area contributed by atoms with Crippen LogP contribution < -0.4 is 5.32 Å². The number of H-pyrrole nitrogens is 1. The number of fused-ring (bicyclic) bond motifs is 1. The number of hydrogen-bond donors (Lipinski definition) is 2. The Balaban J connectivity index is 1.84. The molecule has 2 N–H and O–H groups in total. The van der Waals surface area contributed by atoms with Crippen molar-refractivity contribution in [3.05, 3.63) is 60.2 Å². The van der Waals surface area contributed by atoms with Crippen LogP contribution >= 0.6 is 0 Å². The number of aryl methyl sites for hydroxylation is 1. The zero-order valence-corrected chi connectivity index (χ0v) is 13.8. The van der Waals surface area contributed by atoms with Gasteiger partial charge in [0, 0.05) is 36.7 Å². The molecule has 0 bridgehead atoms. The number of methoxy groups -OCH3 is 1. The van der Waals surface area contributed by atoms with Crippen molar-refractivity contribution >= 4 is 16.8 Å². The van der Waals surface area contributed by atoms with E-state index in [1.807, 2.05) is 30.3 Å². The van der Waals surface area contributed by atoms with E-state index in [-0.39, 0.29) is 5.91 Å². The molecule has 0 radical (unpaired) electrons. The minimum Gasteiger partial charge on any atom is -0.383 e. The predicted molar refractivity (Wildman–Crippen MR) is 96.9 cm³/mol. The Morgan fingerprint density at radius 2 is 1.83 bits per heavy atom. The molecule has 3 aromatic rings. The van der Waals surface area contributed by atoms with Gasteiger partial charge in [0.25, 0.3) is 0 Å². The molecule has 4 heteroatoms. The number of benzene rings is 2. The van der Waals surface area contributed by atoms with Crippen LogP contribution in [0.3, 0.4) is 0 Å². The summed E-state index contributed by atoms with van der Waals surface area (Å²) in [6, 6.07) is 18.5. The Labute approximate surface area is 141 Å². The average molecular weight is 322 g/mol. The molecule has 3 rings (SSSR count). The van der Waals surface area contributed by atoms with Gasteiger partial charge in [0.1, 0.15) is 0 Å². The number of carbonyl (C=O) groups excluding carboxylic acids is 1. The number of ether oxygens (including phenoxy) is 1. The van der Waals surface area contributed by atoms with E-state index in [9.17, 15) is 4.79 Å². The van der Waals surface area contributed by atoms with Crippen LogP contribution in [-0.4, -0.2) is 31.2 Å². The molecule has 0 spiro atoms. The van der Waals surface area contributed by atoms with E-state index in [4.69, 9.17) is 4.74 Å². The highest BCUT2D eigenvalue weighted by molar-refractivity contribution is 5.91. The fourth-order valence-electron chi connectivity index (χ4n) is 2.93. The third-order valence-corrected chi connectivity index (χ3v) is 4.11. The van der Waals surface area contributed by atoms with Crippen LogP contribution in [0.15, 0.2) is 54.6 Å². The van der Waals surface area contributed by atoms with Crippen LogP contribution in [-0.2, 0) is 16.0 Å². The zero-order valence-electron chi connectivity index (χ0n) is 13.8. The first-order valence-corrected chi connectivity index (χ1v) is 8.20. The number of hydrogen-bond acceptors (Lipinski definition) is 2. The summed E-state index contributed by atoms with van der Waals surface area (Å²) in [5, 5.41) is 4.06. The standard InChI is InChI=1S/C20H22N2O2/c1-24-14-13-21-19(23)12-11-17-16-9-5-6-10-18(16)22-20(17)15-7-3-2-4-8-15/h2-10,22H,11-14H2,1H3,(H,21,23). The molecular weight excluding hydrogens is 300 g/mol. The number of amides is 1. The van der Waals surface area contributed by atoms with Crippen molar-refractivity contribution in [2.75, 3.05) is 20.3 Å². The smallest absolute Gasteiger partial charge is 0.220 e. The van der Waals surface area contributed by atoms with Crippen LogP contribution in [0.25, 0.3) is 22.2 Å². The minimum absolute atomic E-state index is 0.0522. The second-order valence-electron chi connectivity index (χ2n) is 5.73. The fourth-order valence-corrected chi connectivity index (χ4v) is 2.93. The summed E-state index contributed by atoms with van der Waals surface area (Å²) >= 11 is 0. The van der Waals surface area contributed by atoms with E-state index >= 15 is 0 Å². The van der Waals surface area contributed by atoms with Crippen LogP contribution in [0.2, 0.25) is 0 Å². The van der Waals surface area contributed by atoms with Gasteiger partial charge in [-0.2, -0.15) is 0 Å². The van der Waals surface area contributed by atoms with Gasteiger partial charge in [-0.25, -0.2) is 0 Å². The summed E-state index contributed by atoms with van der Waals surface area (Å²) in [6.07, 6.45) is 1.17. The lowest BCUT2D eigenvalue weighted by molar-refractivity contribution is -0.121. The first kappa shape index (κ1) is 16.3. The maximum absolute atomic E-state index is 12.0. The third-order valence-electron chi connectivity index (χ3n) is 4.11. The molecule has 0 saturated heterocycles. The third kappa shape index (κ3) is 3.66. The summed E-state index contributed by atoms with van der Waals surface area (Å²) < 4.78 is 4.96. The lowest BCUT2D eigenvalue weighted by atomic mass is 10.0. The number of aromatic nitrogens is 1. The Morgan fingerprint density at radius 1 is 1.08 bits per heavy atom. The molecule has 2 aromatic carbocycles. The maximum Gasteiger partial charge on any atom is 0.220 e. The lowest BCUT2D eigenvalue weighted by Gasteiger charge is -2.07. The second kappa shape index (κ2) is 7.79. The number of carbonyl (C=O) groups is 1. The zero-order chi connectivity index (χ0) is 16.8. The quantitative estimate of drug-likeness (QED) is 0.654. The van der Waals surface area contributed by atoms with Gasteiger partial charge in [-0.05, 0) is 23.6 Å². The molecule has 24 heavy (non-hydrogen) atoms.